The van der Waals surface area contributed by atoms with E-state index in [2.05, 4.69) is 15.5 Å². The zero-order valence-electron chi connectivity index (χ0n) is 13.5. The molecule has 0 radical (unpaired) electrons. The van der Waals surface area contributed by atoms with E-state index in [1.807, 2.05) is 43.3 Å². The van der Waals surface area contributed by atoms with Crippen molar-refractivity contribution in [3.63, 3.8) is 0 Å². The zero-order valence-corrected chi connectivity index (χ0v) is 15.1. The van der Waals surface area contributed by atoms with Crippen molar-refractivity contribution in [1.29, 1.82) is 0 Å². The maximum atomic E-state index is 11.9. The topological polar surface area (TPSA) is 68.0 Å². The molecule has 3 aromatic rings. The van der Waals surface area contributed by atoms with Crippen molar-refractivity contribution in [3.05, 3.63) is 65.0 Å². The van der Waals surface area contributed by atoms with Crippen molar-refractivity contribution in [1.82, 2.24) is 10.1 Å². The fourth-order valence-electron chi connectivity index (χ4n) is 2.09. The number of nitrogens with zero attached hydrogens (tertiary/aromatic N) is 2. The van der Waals surface area contributed by atoms with Crippen molar-refractivity contribution in [2.24, 2.45) is 0 Å². The predicted molar refractivity (Wildman–Crippen MR) is 101 cm³/mol. The molecule has 1 heterocycles. The van der Waals surface area contributed by atoms with Gasteiger partial charge < -0.3 is 9.84 Å². The molecule has 0 aliphatic rings. The van der Waals surface area contributed by atoms with Crippen LogP contribution < -0.4 is 5.32 Å². The molecule has 0 bridgehead atoms. The van der Waals surface area contributed by atoms with E-state index >= 15 is 0 Å². The fourth-order valence-corrected chi connectivity index (χ4v) is 2.87. The molecule has 0 saturated heterocycles. The van der Waals surface area contributed by atoms with Crippen LogP contribution in [0.5, 0.6) is 0 Å². The molecule has 1 N–H and O–H groups in total. The first kappa shape index (κ1) is 17.5. The van der Waals surface area contributed by atoms with Gasteiger partial charge in [-0.1, -0.05) is 34.5 Å². The summed E-state index contributed by atoms with van der Waals surface area (Å²) in [4.78, 5) is 16.3. The van der Waals surface area contributed by atoms with Crippen molar-refractivity contribution in [2.75, 3.05) is 11.1 Å². The number of hydrogen-bond donors (Lipinski definition) is 1. The molecule has 0 unspecified atom stereocenters. The Morgan fingerprint density at radius 3 is 2.60 bits per heavy atom. The molecule has 0 spiro atoms. The van der Waals surface area contributed by atoms with Crippen molar-refractivity contribution in [2.45, 2.75) is 12.7 Å². The summed E-state index contributed by atoms with van der Waals surface area (Å²) in [5.41, 5.74) is 2.78. The first-order chi connectivity index (χ1) is 12.1. The molecule has 1 aromatic heterocycles. The summed E-state index contributed by atoms with van der Waals surface area (Å²) in [7, 11) is 0. The monoisotopic (exact) mass is 373 g/mol. The van der Waals surface area contributed by atoms with Gasteiger partial charge in [-0.05, 0) is 43.3 Å². The molecule has 2 aromatic carbocycles. The Balaban J connectivity index is 1.48. The van der Waals surface area contributed by atoms with Gasteiger partial charge in [0, 0.05) is 16.3 Å². The molecule has 0 fully saturated rings. The highest BCUT2D eigenvalue weighted by Crippen LogP contribution is 2.20. The molecule has 0 saturated carbocycles. The van der Waals surface area contributed by atoms with Gasteiger partial charge in [0.1, 0.15) is 0 Å². The fraction of sp³-hybridized carbons (Fsp3) is 0.167. The number of hydrogen-bond acceptors (Lipinski definition) is 5. The Bertz CT molecular complexity index is 848. The Morgan fingerprint density at radius 1 is 1.16 bits per heavy atom. The quantitative estimate of drug-likeness (QED) is 0.685. The normalized spacial score (nSPS) is 10.6. The highest BCUT2D eigenvalue weighted by atomic mass is 35.5. The number of carbonyl (C=O) groups is 1. The molecule has 5 nitrogen and oxygen atoms in total. The van der Waals surface area contributed by atoms with E-state index in [9.17, 15) is 4.79 Å². The summed E-state index contributed by atoms with van der Waals surface area (Å²) < 4.78 is 5.22. The van der Waals surface area contributed by atoms with Gasteiger partial charge >= 0.3 is 0 Å². The van der Waals surface area contributed by atoms with E-state index in [4.69, 9.17) is 16.1 Å². The van der Waals surface area contributed by atoms with Crippen LogP contribution in [-0.4, -0.2) is 21.8 Å². The van der Waals surface area contributed by atoms with Crippen LogP contribution in [0.25, 0.3) is 11.4 Å². The highest BCUT2D eigenvalue weighted by molar-refractivity contribution is 7.99. The number of rotatable bonds is 6. The molecule has 128 valence electrons. The summed E-state index contributed by atoms with van der Waals surface area (Å²) >= 11 is 7.28. The number of nitrogens with one attached hydrogen (secondary N) is 1. The van der Waals surface area contributed by atoms with Gasteiger partial charge in [-0.15, -0.1) is 11.8 Å². The van der Waals surface area contributed by atoms with Crippen LogP contribution in [0.3, 0.4) is 0 Å². The SMILES string of the molecule is Cc1ccc(NC(=O)CSCc2nc(-c3ccc(Cl)cc3)no2)cc1. The standard InChI is InChI=1S/C18H16ClN3O2S/c1-12-2-8-15(9-3-12)20-16(23)10-25-11-17-21-18(22-24-17)13-4-6-14(19)7-5-13/h2-9H,10-11H2,1H3,(H,20,23). The number of thioether (sulfide) groups is 1. The van der Waals surface area contributed by atoms with Gasteiger partial charge in [0.15, 0.2) is 0 Å². The van der Waals surface area contributed by atoms with Crippen molar-refractivity contribution in [3.8, 4) is 11.4 Å². The van der Waals surface area contributed by atoms with Gasteiger partial charge in [-0.3, -0.25) is 4.79 Å². The summed E-state index contributed by atoms with van der Waals surface area (Å²) in [5.74, 6) is 1.72. The van der Waals surface area contributed by atoms with E-state index in [0.717, 1.165) is 16.8 Å². The molecule has 0 aliphatic heterocycles. The molecule has 0 atom stereocenters. The largest absolute Gasteiger partial charge is 0.338 e. The second-order valence-corrected chi connectivity index (χ2v) is 6.85. The van der Waals surface area contributed by atoms with Gasteiger partial charge in [-0.25, -0.2) is 0 Å². The van der Waals surface area contributed by atoms with Crippen LogP contribution in [0.15, 0.2) is 53.1 Å². The molecule has 1 amide bonds. The molecule has 25 heavy (non-hydrogen) atoms. The first-order valence-electron chi connectivity index (χ1n) is 7.63. The lowest BCUT2D eigenvalue weighted by molar-refractivity contribution is -0.113. The Labute approximate surface area is 154 Å². The molecular formula is C18H16ClN3O2S. The third-order valence-electron chi connectivity index (χ3n) is 3.36. The van der Waals surface area contributed by atoms with Crippen LogP contribution in [0.2, 0.25) is 5.02 Å². The predicted octanol–water partition coefficient (Wildman–Crippen LogP) is 4.57. The van der Waals surface area contributed by atoms with Crippen LogP contribution in [0, 0.1) is 6.92 Å². The van der Waals surface area contributed by atoms with E-state index < -0.39 is 0 Å². The van der Waals surface area contributed by atoms with Crippen LogP contribution in [0.4, 0.5) is 5.69 Å². The van der Waals surface area contributed by atoms with E-state index in [0.29, 0.717) is 28.2 Å². The van der Waals surface area contributed by atoms with E-state index in [1.165, 1.54) is 11.8 Å². The summed E-state index contributed by atoms with van der Waals surface area (Å²) in [6.45, 7) is 2.00. The van der Waals surface area contributed by atoms with E-state index in [-0.39, 0.29) is 5.91 Å². The summed E-state index contributed by atoms with van der Waals surface area (Å²) in [6, 6.07) is 14.9. The van der Waals surface area contributed by atoms with Crippen molar-refractivity contribution >= 4 is 35.0 Å². The average Bonchev–Trinajstić information content (AvgIpc) is 3.06. The highest BCUT2D eigenvalue weighted by Gasteiger charge is 2.10. The van der Waals surface area contributed by atoms with Crippen LogP contribution >= 0.6 is 23.4 Å². The summed E-state index contributed by atoms with van der Waals surface area (Å²) in [5, 5.41) is 7.45. The molecular weight excluding hydrogens is 358 g/mol. The number of aromatic nitrogens is 2. The third-order valence-corrected chi connectivity index (χ3v) is 4.53. The minimum Gasteiger partial charge on any atom is -0.338 e. The maximum Gasteiger partial charge on any atom is 0.236 e. The molecule has 0 aliphatic carbocycles. The lowest BCUT2D eigenvalue weighted by Gasteiger charge is -2.04. The zero-order chi connectivity index (χ0) is 17.6. The number of carbonyl (C=O) groups excluding carboxylic acids is 1. The lowest BCUT2D eigenvalue weighted by Crippen LogP contribution is -2.14. The Morgan fingerprint density at radius 2 is 1.88 bits per heavy atom. The second kappa shape index (κ2) is 8.18. The summed E-state index contributed by atoms with van der Waals surface area (Å²) in [6.07, 6.45) is 0. The third kappa shape index (κ3) is 5.08. The van der Waals surface area contributed by atoms with Crippen molar-refractivity contribution < 1.29 is 9.32 Å². The minimum absolute atomic E-state index is 0.0636. The molecule has 3 rings (SSSR count). The number of amides is 1. The average molecular weight is 374 g/mol. The number of halogens is 1. The van der Waals surface area contributed by atoms with Gasteiger partial charge in [0.05, 0.1) is 11.5 Å². The van der Waals surface area contributed by atoms with Gasteiger partial charge in [-0.2, -0.15) is 4.98 Å². The number of aryl methyl sites for hydroxylation is 1. The van der Waals surface area contributed by atoms with Gasteiger partial charge in [0.2, 0.25) is 17.6 Å². The lowest BCUT2D eigenvalue weighted by atomic mass is 10.2. The number of benzene rings is 2. The second-order valence-electron chi connectivity index (χ2n) is 5.43. The Kier molecular flexibility index (Phi) is 5.73. The first-order valence-corrected chi connectivity index (χ1v) is 9.16. The smallest absolute Gasteiger partial charge is 0.236 e. The Hall–Kier alpha value is -2.31. The minimum atomic E-state index is -0.0636. The maximum absolute atomic E-state index is 11.9. The van der Waals surface area contributed by atoms with Crippen LogP contribution in [0.1, 0.15) is 11.5 Å². The van der Waals surface area contributed by atoms with E-state index in [1.54, 1.807) is 12.1 Å². The molecule has 7 heteroatoms. The van der Waals surface area contributed by atoms with Crippen LogP contribution in [-0.2, 0) is 10.5 Å². The number of anilines is 1. The van der Waals surface area contributed by atoms with Gasteiger partial charge in [0.25, 0.3) is 0 Å².